The number of amides is 3. The van der Waals surface area contributed by atoms with E-state index in [9.17, 15) is 13.2 Å². The maximum atomic E-state index is 15.1. The summed E-state index contributed by atoms with van der Waals surface area (Å²) in [7, 11) is 0.534. The van der Waals surface area contributed by atoms with Crippen molar-refractivity contribution in [3.8, 4) is 5.75 Å². The molecule has 304 valence electrons. The first-order chi connectivity index (χ1) is 26.9. The number of hydrogen-bond acceptors (Lipinski definition) is 10. The second-order valence-electron chi connectivity index (χ2n) is 13.4. The van der Waals surface area contributed by atoms with Gasteiger partial charge in [-0.15, -0.1) is 0 Å². The summed E-state index contributed by atoms with van der Waals surface area (Å²) in [4.78, 5) is 40.8. The normalized spacial score (nSPS) is 17.6. The number of rotatable bonds is 17. The number of piperazine rings is 1. The zero-order valence-electron chi connectivity index (χ0n) is 32.4. The number of carbonyl (C=O) groups excluding carboxylic acids is 2. The topological polar surface area (TPSA) is 143 Å². The first kappa shape index (κ1) is 43.3. The third-order valence-electron chi connectivity index (χ3n) is 9.68. The molecule has 2 aliphatic heterocycles. The van der Waals surface area contributed by atoms with Crippen LogP contribution in [0.3, 0.4) is 0 Å². The standard InChI is InChI=1S/C39H50Cl2N6O8S/c1-6-55-33-23-27(2)34(56(50,51)42-26-54-5)24-32(33)38-43-36(28-7-11-30(40)12-8-28)37(29-9-13-31(41)14-10-29)47(38)39(49)46-17-15-44(16-18-46)25-35(48)45(19-21-52-3)20-22-53-4/h7-14,23-24,36-37,42H,6,15-22,25-26H2,1-5H3/t36-,37+/m0/s1. The highest BCUT2D eigenvalue weighted by Gasteiger charge is 2.45. The lowest BCUT2D eigenvalue weighted by atomic mass is 9.93. The molecule has 56 heavy (non-hydrogen) atoms. The number of nitrogens with one attached hydrogen (secondary N) is 1. The summed E-state index contributed by atoms with van der Waals surface area (Å²) in [5, 5.41) is 1.07. The minimum Gasteiger partial charge on any atom is -0.493 e. The van der Waals surface area contributed by atoms with Gasteiger partial charge in [-0.3, -0.25) is 19.6 Å². The average molecular weight is 834 g/mol. The Morgan fingerprint density at radius 1 is 0.875 bits per heavy atom. The Labute approximate surface area is 339 Å². The maximum absolute atomic E-state index is 15.1. The van der Waals surface area contributed by atoms with Crippen LogP contribution in [0.5, 0.6) is 5.75 Å². The van der Waals surface area contributed by atoms with Gasteiger partial charge in [-0.25, -0.2) is 13.2 Å². The second-order valence-corrected chi connectivity index (χ2v) is 16.0. The molecule has 0 spiro atoms. The Kier molecular flexibility index (Phi) is 15.5. The van der Waals surface area contributed by atoms with Gasteiger partial charge in [0.05, 0.1) is 42.9 Å². The number of hydrogen-bond donors (Lipinski definition) is 1. The number of benzene rings is 3. The molecule has 3 aromatic rings. The minimum atomic E-state index is -4.05. The van der Waals surface area contributed by atoms with Crippen LogP contribution in [-0.2, 0) is 29.0 Å². The number of urea groups is 1. The molecule has 3 amide bonds. The highest BCUT2D eigenvalue weighted by Crippen LogP contribution is 2.46. The lowest BCUT2D eigenvalue weighted by Gasteiger charge is -2.39. The monoisotopic (exact) mass is 832 g/mol. The summed E-state index contributed by atoms with van der Waals surface area (Å²) in [6, 6.07) is 16.0. The van der Waals surface area contributed by atoms with E-state index in [4.69, 9.17) is 47.1 Å². The molecule has 3 aromatic carbocycles. The van der Waals surface area contributed by atoms with Gasteiger partial charge in [0.25, 0.3) is 0 Å². The predicted molar refractivity (Wildman–Crippen MR) is 215 cm³/mol. The first-order valence-corrected chi connectivity index (χ1v) is 20.6. The van der Waals surface area contributed by atoms with E-state index >= 15 is 4.79 Å². The van der Waals surface area contributed by atoms with Gasteiger partial charge in [-0.2, -0.15) is 4.72 Å². The summed E-state index contributed by atoms with van der Waals surface area (Å²) in [6.07, 6.45) is 0. The predicted octanol–water partition coefficient (Wildman–Crippen LogP) is 4.99. The average Bonchev–Trinajstić information content (AvgIpc) is 3.58. The van der Waals surface area contributed by atoms with E-state index in [-0.39, 0.29) is 42.6 Å². The molecule has 0 radical (unpaired) electrons. The molecule has 0 aliphatic carbocycles. The van der Waals surface area contributed by atoms with Crippen LogP contribution in [0, 0.1) is 6.92 Å². The SMILES string of the molecule is CCOc1cc(C)c(S(=O)(=O)NCOC)cc1C1=N[C@@H](c2ccc(Cl)cc2)[C@@H](c2ccc(Cl)cc2)N1C(=O)N1CCN(CC(=O)N(CCOC)CCOC)CC1. The first-order valence-electron chi connectivity index (χ1n) is 18.3. The van der Waals surface area contributed by atoms with Crippen molar-refractivity contribution < 1.29 is 37.0 Å². The Hall–Kier alpha value is -3.80. The highest BCUT2D eigenvalue weighted by atomic mass is 35.5. The molecule has 2 heterocycles. The summed E-state index contributed by atoms with van der Waals surface area (Å²) >= 11 is 12.7. The number of halogens is 2. The zero-order valence-corrected chi connectivity index (χ0v) is 34.7. The molecule has 5 rings (SSSR count). The quantitative estimate of drug-likeness (QED) is 0.186. The lowest BCUT2D eigenvalue weighted by Crippen LogP contribution is -2.55. The van der Waals surface area contributed by atoms with E-state index in [2.05, 4.69) is 4.72 Å². The molecule has 1 N–H and O–H groups in total. The third-order valence-corrected chi connectivity index (χ3v) is 11.7. The Bertz CT molecular complexity index is 1940. The number of sulfonamides is 1. The van der Waals surface area contributed by atoms with Crippen LogP contribution in [0.25, 0.3) is 0 Å². The molecule has 0 aromatic heterocycles. The van der Waals surface area contributed by atoms with Gasteiger partial charge in [0.2, 0.25) is 15.9 Å². The maximum Gasteiger partial charge on any atom is 0.326 e. The van der Waals surface area contributed by atoms with Gasteiger partial charge < -0.3 is 28.7 Å². The van der Waals surface area contributed by atoms with E-state index in [1.807, 2.05) is 36.1 Å². The van der Waals surface area contributed by atoms with Gasteiger partial charge >= 0.3 is 6.03 Å². The molecular weight excluding hydrogens is 783 g/mol. The van der Waals surface area contributed by atoms with Crippen molar-refractivity contribution in [3.05, 3.63) is 93.0 Å². The number of aryl methyl sites for hydroxylation is 1. The van der Waals surface area contributed by atoms with Gasteiger partial charge in [-0.1, -0.05) is 47.5 Å². The number of nitrogens with zero attached hydrogens (tertiary/aromatic N) is 5. The van der Waals surface area contributed by atoms with E-state index < -0.39 is 22.1 Å². The third kappa shape index (κ3) is 10.4. The van der Waals surface area contributed by atoms with Crippen molar-refractivity contribution in [2.75, 3.05) is 93.7 Å². The van der Waals surface area contributed by atoms with Gasteiger partial charge in [0, 0.05) is 70.6 Å². The number of ether oxygens (including phenoxy) is 4. The van der Waals surface area contributed by atoms with Crippen LogP contribution in [-0.4, -0.2) is 139 Å². The Balaban J connectivity index is 1.56. The van der Waals surface area contributed by atoms with Crippen LogP contribution in [0.2, 0.25) is 10.0 Å². The lowest BCUT2D eigenvalue weighted by molar-refractivity contribution is -0.134. The van der Waals surface area contributed by atoms with E-state index in [0.29, 0.717) is 79.4 Å². The molecule has 2 atom stereocenters. The smallest absolute Gasteiger partial charge is 0.326 e. The van der Waals surface area contributed by atoms with Crippen LogP contribution in [0.4, 0.5) is 4.79 Å². The van der Waals surface area contributed by atoms with Gasteiger partial charge in [0.1, 0.15) is 24.4 Å². The fourth-order valence-electron chi connectivity index (χ4n) is 6.77. The van der Waals surface area contributed by atoms with E-state index in [1.165, 1.54) is 13.2 Å². The summed E-state index contributed by atoms with van der Waals surface area (Å²) in [5.41, 5.74) is 2.32. The molecular formula is C39H50Cl2N6O8S. The van der Waals surface area contributed by atoms with Crippen molar-refractivity contribution in [1.29, 1.82) is 0 Å². The van der Waals surface area contributed by atoms with Crippen molar-refractivity contribution in [2.24, 2.45) is 4.99 Å². The van der Waals surface area contributed by atoms with E-state index in [1.54, 1.807) is 66.2 Å². The molecule has 1 fully saturated rings. The van der Waals surface area contributed by atoms with Crippen LogP contribution < -0.4 is 9.46 Å². The molecule has 0 saturated carbocycles. The zero-order chi connectivity index (χ0) is 40.4. The summed E-state index contributed by atoms with van der Waals surface area (Å²) in [5.74, 6) is 0.565. The summed E-state index contributed by atoms with van der Waals surface area (Å²) in [6.45, 7) is 7.02. The van der Waals surface area contributed by atoms with Crippen LogP contribution in [0.15, 0.2) is 70.6 Å². The molecule has 17 heteroatoms. The molecule has 0 unspecified atom stereocenters. The largest absolute Gasteiger partial charge is 0.493 e. The van der Waals surface area contributed by atoms with Crippen LogP contribution >= 0.6 is 23.2 Å². The fraction of sp³-hybridized carbons (Fsp3) is 0.462. The second kappa shape index (κ2) is 20.1. The Morgan fingerprint density at radius 2 is 1.46 bits per heavy atom. The van der Waals surface area contributed by atoms with Crippen LogP contribution in [0.1, 0.15) is 41.3 Å². The number of methoxy groups -OCH3 is 3. The van der Waals surface area contributed by atoms with Crippen molar-refractivity contribution in [3.63, 3.8) is 0 Å². The summed E-state index contributed by atoms with van der Waals surface area (Å²) < 4.78 is 51.1. The van der Waals surface area contributed by atoms with Crippen molar-refractivity contribution >= 4 is 51.0 Å². The number of amidine groups is 1. The molecule has 14 nitrogen and oxygen atoms in total. The van der Waals surface area contributed by atoms with Gasteiger partial charge in [0.15, 0.2) is 0 Å². The number of aliphatic imine (C=N–C) groups is 1. The van der Waals surface area contributed by atoms with E-state index in [0.717, 1.165) is 11.1 Å². The van der Waals surface area contributed by atoms with Crippen molar-refractivity contribution in [2.45, 2.75) is 30.8 Å². The minimum absolute atomic E-state index is 0.00980. The molecule has 0 bridgehead atoms. The van der Waals surface area contributed by atoms with Crippen molar-refractivity contribution in [1.82, 2.24) is 24.3 Å². The fourth-order valence-corrected chi connectivity index (χ4v) is 8.21. The van der Waals surface area contributed by atoms with Gasteiger partial charge in [-0.05, 0) is 66.9 Å². The Morgan fingerprint density at radius 3 is 2.02 bits per heavy atom. The highest BCUT2D eigenvalue weighted by molar-refractivity contribution is 7.89. The molecule has 1 saturated heterocycles. The number of carbonyl (C=O) groups is 2. The molecule has 2 aliphatic rings.